The number of hydrogen-bond acceptors (Lipinski definition) is 2. The second-order valence-electron chi connectivity index (χ2n) is 2.07. The molecule has 0 bridgehead atoms. The summed E-state index contributed by atoms with van der Waals surface area (Å²) in [5.41, 5.74) is 0. The lowest BCUT2D eigenvalue weighted by molar-refractivity contribution is -0.145. The molecule has 0 radical (unpaired) electrons. The van der Waals surface area contributed by atoms with Crippen LogP contribution in [-0.4, -0.2) is 28.2 Å². The van der Waals surface area contributed by atoms with Crippen molar-refractivity contribution >= 4 is 17.6 Å². The van der Waals surface area contributed by atoms with Crippen LogP contribution in [0.5, 0.6) is 0 Å². The van der Waals surface area contributed by atoms with Crippen LogP contribution >= 0.6 is 11.6 Å². The third-order valence-corrected chi connectivity index (χ3v) is 1.70. The summed E-state index contributed by atoms with van der Waals surface area (Å²) in [6, 6.07) is 0. The second-order valence-corrected chi connectivity index (χ2v) is 2.38. The van der Waals surface area contributed by atoms with Gasteiger partial charge in [-0.3, -0.25) is 4.79 Å². The minimum absolute atomic E-state index is 0.0230. The van der Waals surface area contributed by atoms with Crippen molar-refractivity contribution in [2.75, 3.05) is 5.88 Å². The standard InChI is InChI=1S/C6H11ClO3/c1-2-4(6(9)10)5(8)3-7/h4-5,8H,2-3H2,1H3,(H,9,10)/t4?,5-/m1/s1. The second kappa shape index (κ2) is 4.52. The van der Waals surface area contributed by atoms with Gasteiger partial charge in [0.1, 0.15) is 0 Å². The molecule has 0 aromatic carbocycles. The molecule has 0 saturated heterocycles. The van der Waals surface area contributed by atoms with E-state index in [0.29, 0.717) is 6.42 Å². The zero-order chi connectivity index (χ0) is 8.15. The number of rotatable bonds is 4. The van der Waals surface area contributed by atoms with E-state index in [1.807, 2.05) is 0 Å². The van der Waals surface area contributed by atoms with Crippen LogP contribution in [0.25, 0.3) is 0 Å². The van der Waals surface area contributed by atoms with Gasteiger partial charge >= 0.3 is 5.97 Å². The van der Waals surface area contributed by atoms with Gasteiger partial charge in [-0.15, -0.1) is 11.6 Å². The topological polar surface area (TPSA) is 57.5 Å². The molecule has 2 N–H and O–H groups in total. The third kappa shape index (κ3) is 2.54. The number of carboxylic acid groups (broad SMARTS) is 1. The third-order valence-electron chi connectivity index (χ3n) is 1.38. The van der Waals surface area contributed by atoms with E-state index in [0.717, 1.165) is 0 Å². The van der Waals surface area contributed by atoms with Crippen LogP contribution in [-0.2, 0) is 4.79 Å². The van der Waals surface area contributed by atoms with Gasteiger partial charge in [0.05, 0.1) is 12.0 Å². The molecule has 1 unspecified atom stereocenters. The normalized spacial score (nSPS) is 16.3. The van der Waals surface area contributed by atoms with Gasteiger partial charge in [-0.25, -0.2) is 0 Å². The van der Waals surface area contributed by atoms with Crippen molar-refractivity contribution < 1.29 is 15.0 Å². The summed E-state index contributed by atoms with van der Waals surface area (Å²) in [7, 11) is 0. The van der Waals surface area contributed by atoms with E-state index in [2.05, 4.69) is 0 Å². The van der Waals surface area contributed by atoms with Crippen molar-refractivity contribution in [2.45, 2.75) is 19.4 Å². The van der Waals surface area contributed by atoms with E-state index in [1.165, 1.54) is 0 Å². The molecule has 4 heteroatoms. The molecule has 0 spiro atoms. The first kappa shape index (κ1) is 9.72. The van der Waals surface area contributed by atoms with Crippen LogP contribution in [0.2, 0.25) is 0 Å². The first-order chi connectivity index (χ1) is 4.63. The fourth-order valence-electron chi connectivity index (χ4n) is 0.719. The highest BCUT2D eigenvalue weighted by Crippen LogP contribution is 2.09. The molecule has 0 saturated carbocycles. The fraction of sp³-hybridized carbons (Fsp3) is 0.833. The van der Waals surface area contributed by atoms with Crippen molar-refractivity contribution in [2.24, 2.45) is 5.92 Å². The first-order valence-corrected chi connectivity index (χ1v) is 3.63. The number of carbonyl (C=O) groups is 1. The molecule has 2 atom stereocenters. The Kier molecular flexibility index (Phi) is 4.40. The lowest BCUT2D eigenvalue weighted by atomic mass is 10.0. The van der Waals surface area contributed by atoms with E-state index < -0.39 is 18.0 Å². The molecule has 10 heavy (non-hydrogen) atoms. The molecule has 3 nitrogen and oxygen atoms in total. The molecule has 0 fully saturated rings. The Morgan fingerprint density at radius 2 is 2.20 bits per heavy atom. The van der Waals surface area contributed by atoms with Gasteiger partial charge in [0.15, 0.2) is 0 Å². The maximum atomic E-state index is 10.3. The minimum atomic E-state index is -0.990. The number of aliphatic hydroxyl groups is 1. The molecular formula is C6H11ClO3. The monoisotopic (exact) mass is 166 g/mol. The number of carboxylic acids is 1. The summed E-state index contributed by atoms with van der Waals surface area (Å²) in [6.45, 7) is 1.70. The predicted molar refractivity (Wildman–Crippen MR) is 38.1 cm³/mol. The predicted octanol–water partition coefficient (Wildman–Crippen LogP) is 0.697. The SMILES string of the molecule is CCC(C(=O)O)[C@H](O)CCl. The highest BCUT2D eigenvalue weighted by molar-refractivity contribution is 6.18. The maximum absolute atomic E-state index is 10.3. The molecule has 0 amide bonds. The molecular weight excluding hydrogens is 156 g/mol. The Bertz CT molecular complexity index is 116. The smallest absolute Gasteiger partial charge is 0.309 e. The van der Waals surface area contributed by atoms with Crippen LogP contribution in [0.1, 0.15) is 13.3 Å². The fourth-order valence-corrected chi connectivity index (χ4v) is 0.934. The average Bonchev–Trinajstić information content (AvgIpc) is 1.88. The van der Waals surface area contributed by atoms with Crippen molar-refractivity contribution in [1.29, 1.82) is 0 Å². The van der Waals surface area contributed by atoms with Gasteiger partial charge in [-0.1, -0.05) is 6.92 Å². The molecule has 60 valence electrons. The van der Waals surface area contributed by atoms with Gasteiger partial charge in [0, 0.05) is 5.88 Å². The molecule has 0 aromatic heterocycles. The van der Waals surface area contributed by atoms with Crippen LogP contribution < -0.4 is 0 Å². The summed E-state index contributed by atoms with van der Waals surface area (Å²) < 4.78 is 0. The largest absolute Gasteiger partial charge is 0.481 e. The van der Waals surface area contributed by atoms with Gasteiger partial charge in [-0.2, -0.15) is 0 Å². The number of aliphatic carboxylic acids is 1. The Morgan fingerprint density at radius 1 is 1.70 bits per heavy atom. The van der Waals surface area contributed by atoms with Gasteiger partial charge in [0.25, 0.3) is 0 Å². The van der Waals surface area contributed by atoms with Crippen LogP contribution in [0.4, 0.5) is 0 Å². The summed E-state index contributed by atoms with van der Waals surface area (Å²) in [5.74, 6) is -1.74. The summed E-state index contributed by atoms with van der Waals surface area (Å²) in [6.07, 6.45) is -0.521. The maximum Gasteiger partial charge on any atom is 0.309 e. The quantitative estimate of drug-likeness (QED) is 0.605. The van der Waals surface area contributed by atoms with E-state index in [9.17, 15) is 4.79 Å². The van der Waals surface area contributed by atoms with Gasteiger partial charge < -0.3 is 10.2 Å². The minimum Gasteiger partial charge on any atom is -0.481 e. The van der Waals surface area contributed by atoms with Gasteiger partial charge in [-0.05, 0) is 6.42 Å². The molecule has 0 heterocycles. The molecule has 0 aliphatic heterocycles. The molecule has 0 aliphatic carbocycles. The summed E-state index contributed by atoms with van der Waals surface area (Å²) >= 11 is 5.26. The summed E-state index contributed by atoms with van der Waals surface area (Å²) in [5, 5.41) is 17.4. The molecule has 0 rings (SSSR count). The number of halogens is 1. The molecule has 0 aromatic rings. The lowest BCUT2D eigenvalue weighted by Crippen LogP contribution is -2.28. The van der Waals surface area contributed by atoms with Crippen LogP contribution in [0, 0.1) is 5.92 Å². The van der Waals surface area contributed by atoms with Crippen molar-refractivity contribution in [3.63, 3.8) is 0 Å². The lowest BCUT2D eigenvalue weighted by Gasteiger charge is -2.13. The number of hydrogen-bond donors (Lipinski definition) is 2. The number of aliphatic hydroxyl groups excluding tert-OH is 1. The Morgan fingerprint density at radius 3 is 2.30 bits per heavy atom. The van der Waals surface area contributed by atoms with E-state index in [4.69, 9.17) is 21.8 Å². The molecule has 0 aliphatic rings. The highest BCUT2D eigenvalue weighted by atomic mass is 35.5. The highest BCUT2D eigenvalue weighted by Gasteiger charge is 2.23. The zero-order valence-corrected chi connectivity index (χ0v) is 6.51. The zero-order valence-electron chi connectivity index (χ0n) is 5.75. The van der Waals surface area contributed by atoms with Crippen molar-refractivity contribution in [3.8, 4) is 0 Å². The Hall–Kier alpha value is -0.280. The van der Waals surface area contributed by atoms with Gasteiger partial charge in [0.2, 0.25) is 0 Å². The van der Waals surface area contributed by atoms with E-state index in [1.54, 1.807) is 6.92 Å². The average molecular weight is 167 g/mol. The van der Waals surface area contributed by atoms with E-state index in [-0.39, 0.29) is 5.88 Å². The first-order valence-electron chi connectivity index (χ1n) is 3.10. The van der Waals surface area contributed by atoms with E-state index >= 15 is 0 Å². The van der Waals surface area contributed by atoms with Crippen LogP contribution in [0.15, 0.2) is 0 Å². The number of alkyl halides is 1. The Balaban J connectivity index is 3.92. The summed E-state index contributed by atoms with van der Waals surface area (Å²) in [4.78, 5) is 10.3. The van der Waals surface area contributed by atoms with Crippen molar-refractivity contribution in [1.82, 2.24) is 0 Å². The van der Waals surface area contributed by atoms with Crippen molar-refractivity contribution in [3.05, 3.63) is 0 Å². The Labute approximate surface area is 64.6 Å². The van der Waals surface area contributed by atoms with Crippen LogP contribution in [0.3, 0.4) is 0 Å².